The summed E-state index contributed by atoms with van der Waals surface area (Å²) in [6.45, 7) is 9.41. The number of hydrogen-bond acceptors (Lipinski definition) is 8. The molecule has 1 fully saturated rings. The second-order valence-electron chi connectivity index (χ2n) is 9.22. The molecule has 37 heavy (non-hydrogen) atoms. The molecule has 2 aromatic rings. The molecule has 1 aliphatic rings. The molecule has 0 unspecified atom stereocenters. The summed E-state index contributed by atoms with van der Waals surface area (Å²) in [6.07, 6.45) is 2.06. The lowest BCUT2D eigenvalue weighted by molar-refractivity contribution is 0.0432. The van der Waals surface area contributed by atoms with Crippen LogP contribution >= 0.6 is 15.9 Å². The molecule has 0 aromatic heterocycles. The molecule has 1 saturated heterocycles. The van der Waals surface area contributed by atoms with Gasteiger partial charge in [-0.3, -0.25) is 9.69 Å². The smallest absolute Gasteiger partial charge is 0.338 e. The second kappa shape index (κ2) is 14.4. The number of likely N-dealkylation sites (N-methyl/N-ethyl adjacent to an activating group) is 1. The van der Waals surface area contributed by atoms with Gasteiger partial charge in [-0.2, -0.15) is 0 Å². The first-order valence-corrected chi connectivity index (χ1v) is 13.6. The molecule has 0 spiro atoms. The van der Waals surface area contributed by atoms with E-state index in [2.05, 4.69) is 32.8 Å². The fourth-order valence-electron chi connectivity index (χ4n) is 4.12. The minimum atomic E-state index is -0.350. The number of esters is 1. The van der Waals surface area contributed by atoms with Crippen LogP contribution in [-0.2, 0) is 11.2 Å². The molecular formula is C28H37BrN2O6. The average Bonchev–Trinajstić information content (AvgIpc) is 2.87. The highest BCUT2D eigenvalue weighted by atomic mass is 79.9. The monoisotopic (exact) mass is 576 g/mol. The van der Waals surface area contributed by atoms with Crippen molar-refractivity contribution in [2.75, 3.05) is 59.6 Å². The number of phenols is 1. The maximum Gasteiger partial charge on any atom is 0.338 e. The van der Waals surface area contributed by atoms with Gasteiger partial charge in [0.25, 0.3) is 0 Å². The number of Topliss-reactive ketones (excluding diaryl/α,β-unsaturated/α-hetero) is 1. The van der Waals surface area contributed by atoms with Gasteiger partial charge in [-0.1, -0.05) is 13.3 Å². The zero-order chi connectivity index (χ0) is 26.8. The van der Waals surface area contributed by atoms with Gasteiger partial charge in [-0.25, -0.2) is 4.79 Å². The summed E-state index contributed by atoms with van der Waals surface area (Å²) in [5, 5.41) is 10.5. The Hall–Kier alpha value is -2.62. The van der Waals surface area contributed by atoms with Crippen LogP contribution in [0.25, 0.3) is 0 Å². The van der Waals surface area contributed by atoms with Crippen molar-refractivity contribution in [1.29, 1.82) is 0 Å². The van der Waals surface area contributed by atoms with Gasteiger partial charge in [-0.05, 0) is 66.7 Å². The van der Waals surface area contributed by atoms with Crippen molar-refractivity contribution in [3.8, 4) is 17.2 Å². The van der Waals surface area contributed by atoms with Crippen LogP contribution in [0, 0.1) is 0 Å². The van der Waals surface area contributed by atoms with Crippen LogP contribution < -0.4 is 9.47 Å². The molecule has 0 bridgehead atoms. The molecule has 8 nitrogen and oxygen atoms in total. The van der Waals surface area contributed by atoms with Gasteiger partial charge in [0.05, 0.1) is 28.8 Å². The van der Waals surface area contributed by atoms with E-state index in [1.165, 1.54) is 6.92 Å². The average molecular weight is 578 g/mol. The van der Waals surface area contributed by atoms with Crippen LogP contribution in [0.3, 0.4) is 0 Å². The predicted molar refractivity (Wildman–Crippen MR) is 146 cm³/mol. The number of rotatable bonds is 13. The van der Waals surface area contributed by atoms with E-state index in [9.17, 15) is 14.7 Å². The Balaban J connectivity index is 1.42. The summed E-state index contributed by atoms with van der Waals surface area (Å²) < 4.78 is 17.9. The van der Waals surface area contributed by atoms with Crippen LogP contribution in [-0.4, -0.2) is 86.3 Å². The number of hydrogen-bond donors (Lipinski definition) is 1. The highest BCUT2D eigenvalue weighted by Crippen LogP contribution is 2.33. The summed E-state index contributed by atoms with van der Waals surface area (Å²) in [5.41, 5.74) is 1.44. The van der Waals surface area contributed by atoms with Crippen LogP contribution in [0.4, 0.5) is 0 Å². The van der Waals surface area contributed by atoms with E-state index < -0.39 is 0 Å². The molecule has 2 aromatic carbocycles. The number of carbonyl (C=O) groups excluding carboxylic acids is 2. The zero-order valence-electron chi connectivity index (χ0n) is 21.9. The molecule has 3 rings (SSSR count). The maximum atomic E-state index is 12.4. The topological polar surface area (TPSA) is 88.5 Å². The normalized spacial score (nSPS) is 14.4. The number of ketones is 1. The number of benzene rings is 2. The Morgan fingerprint density at radius 1 is 1.00 bits per heavy atom. The van der Waals surface area contributed by atoms with E-state index in [1.807, 2.05) is 6.92 Å². The van der Waals surface area contributed by atoms with Crippen LogP contribution in [0.2, 0.25) is 0 Å². The van der Waals surface area contributed by atoms with Crippen LogP contribution in [0.15, 0.2) is 34.8 Å². The Morgan fingerprint density at radius 3 is 2.32 bits per heavy atom. The fourth-order valence-corrected chi connectivity index (χ4v) is 4.61. The first-order chi connectivity index (χ1) is 17.8. The Bertz CT molecular complexity index is 1070. The number of aromatic hydroxyl groups is 1. The number of halogens is 1. The van der Waals surface area contributed by atoms with Crippen LogP contribution in [0.5, 0.6) is 17.2 Å². The quantitative estimate of drug-likeness (QED) is 0.211. The Morgan fingerprint density at radius 2 is 1.68 bits per heavy atom. The van der Waals surface area contributed by atoms with E-state index in [1.54, 1.807) is 30.3 Å². The van der Waals surface area contributed by atoms with Crippen molar-refractivity contribution in [3.05, 3.63) is 51.5 Å². The fraction of sp³-hybridized carbons (Fsp3) is 0.500. The molecular weight excluding hydrogens is 540 g/mol. The summed E-state index contributed by atoms with van der Waals surface area (Å²) in [4.78, 5) is 28.7. The zero-order valence-corrected chi connectivity index (χ0v) is 23.5. The highest BCUT2D eigenvalue weighted by Gasteiger charge is 2.17. The second-order valence-corrected chi connectivity index (χ2v) is 10.1. The van der Waals surface area contributed by atoms with Crippen molar-refractivity contribution in [3.63, 3.8) is 0 Å². The van der Waals surface area contributed by atoms with Gasteiger partial charge in [0.2, 0.25) is 0 Å². The standard InChI is InChI=1S/C28H37BrN2O6/c1-4-6-23-25(10-8-22(20(2)32)27(23)33)35-16-5-17-36-26-9-7-21(19-24(26)29)28(34)37-18-15-31-13-11-30(3)12-14-31/h7-10,19,33H,4-6,11-18H2,1-3H3. The van der Waals surface area contributed by atoms with E-state index >= 15 is 0 Å². The molecule has 9 heteroatoms. The minimum Gasteiger partial charge on any atom is -0.507 e. The minimum absolute atomic E-state index is 0.00461. The van der Waals surface area contributed by atoms with Gasteiger partial charge in [0.15, 0.2) is 5.78 Å². The number of phenolic OH excluding ortho intramolecular Hbond substituents is 1. The van der Waals surface area contributed by atoms with Crippen molar-refractivity contribution in [2.24, 2.45) is 0 Å². The largest absolute Gasteiger partial charge is 0.507 e. The Kier molecular flexibility index (Phi) is 11.2. The molecule has 0 radical (unpaired) electrons. The summed E-state index contributed by atoms with van der Waals surface area (Å²) >= 11 is 3.48. The highest BCUT2D eigenvalue weighted by molar-refractivity contribution is 9.10. The van der Waals surface area contributed by atoms with E-state index in [0.29, 0.717) is 65.3 Å². The molecule has 1 N–H and O–H groups in total. The third kappa shape index (κ3) is 8.45. The summed E-state index contributed by atoms with van der Waals surface area (Å²) in [7, 11) is 2.11. The Labute approximate surface area is 227 Å². The van der Waals surface area contributed by atoms with Crippen molar-refractivity contribution in [1.82, 2.24) is 9.80 Å². The summed E-state index contributed by atoms with van der Waals surface area (Å²) in [6, 6.07) is 8.49. The maximum absolute atomic E-state index is 12.4. The lowest BCUT2D eigenvalue weighted by atomic mass is 10.0. The molecule has 1 heterocycles. The first kappa shape index (κ1) is 28.9. The number of piperazine rings is 1. The summed E-state index contributed by atoms with van der Waals surface area (Å²) in [5.74, 6) is 0.692. The third-order valence-corrected chi connectivity index (χ3v) is 6.95. The van der Waals surface area contributed by atoms with Crippen molar-refractivity contribution < 1.29 is 28.9 Å². The molecule has 0 saturated carbocycles. The SMILES string of the molecule is CCCc1c(OCCCOc2ccc(C(=O)OCCN3CCN(C)CC3)cc2Br)ccc(C(C)=O)c1O. The van der Waals surface area contributed by atoms with E-state index in [-0.39, 0.29) is 17.5 Å². The van der Waals surface area contributed by atoms with E-state index in [0.717, 1.165) is 39.1 Å². The van der Waals surface area contributed by atoms with Crippen molar-refractivity contribution >= 4 is 27.7 Å². The predicted octanol–water partition coefficient (Wildman–Crippen LogP) is 4.56. The van der Waals surface area contributed by atoms with Gasteiger partial charge in [-0.15, -0.1) is 0 Å². The third-order valence-electron chi connectivity index (χ3n) is 6.33. The first-order valence-electron chi connectivity index (χ1n) is 12.8. The van der Waals surface area contributed by atoms with Gasteiger partial charge >= 0.3 is 5.97 Å². The van der Waals surface area contributed by atoms with Gasteiger partial charge in [0, 0.05) is 44.7 Å². The molecule has 202 valence electrons. The number of carbonyl (C=O) groups is 2. The molecule has 0 atom stereocenters. The lowest BCUT2D eigenvalue weighted by Crippen LogP contribution is -2.45. The molecule has 0 aliphatic carbocycles. The van der Waals surface area contributed by atoms with Crippen LogP contribution in [0.1, 0.15) is 53.0 Å². The molecule has 0 amide bonds. The lowest BCUT2D eigenvalue weighted by Gasteiger charge is -2.32. The van der Waals surface area contributed by atoms with Crippen molar-refractivity contribution in [2.45, 2.75) is 33.1 Å². The number of nitrogens with zero attached hydrogens (tertiary/aromatic N) is 2. The molecule has 1 aliphatic heterocycles. The van der Waals surface area contributed by atoms with E-state index in [4.69, 9.17) is 14.2 Å². The van der Waals surface area contributed by atoms with Gasteiger partial charge < -0.3 is 24.2 Å². The van der Waals surface area contributed by atoms with Gasteiger partial charge in [0.1, 0.15) is 23.9 Å². The number of ether oxygens (including phenoxy) is 3.